The molecule has 0 aliphatic rings. The second-order valence-electron chi connectivity index (χ2n) is 6.25. The molecule has 15 nitrogen and oxygen atoms in total. The smallest absolute Gasteiger partial charge is 0.135 e. The fraction of sp³-hybridized carbons (Fsp3) is 0.500. The van der Waals surface area contributed by atoms with E-state index in [1.54, 1.807) is 0 Å². The Labute approximate surface area is 217 Å². The summed E-state index contributed by atoms with van der Waals surface area (Å²) in [5.41, 5.74) is 0. The molecule has 0 amide bonds. The number of carbonyl (C=O) groups excluding carboxylic acids is 10. The van der Waals surface area contributed by atoms with E-state index in [1.165, 1.54) is 34.6 Å². The molecule has 0 N–H and O–H groups in total. The number of ketones is 5. The first kappa shape index (κ1) is 45.7. The van der Waals surface area contributed by atoms with Crippen LogP contribution in [0.25, 0.3) is 0 Å². The summed E-state index contributed by atoms with van der Waals surface area (Å²) in [5, 5.41) is 47.4. The van der Waals surface area contributed by atoms with E-state index < -0.39 is 62.0 Å². The van der Waals surface area contributed by atoms with Crippen LogP contribution in [0.4, 0.5) is 0 Å². The van der Waals surface area contributed by atoms with Gasteiger partial charge in [0.25, 0.3) is 0 Å². The molecule has 0 saturated carbocycles. The Morgan fingerprint density at radius 2 is 0.417 bits per heavy atom. The van der Waals surface area contributed by atoms with Crippen LogP contribution in [0, 0.1) is 0 Å². The van der Waals surface area contributed by atoms with E-state index in [0.717, 1.165) is 0 Å². The Kier molecular flexibility index (Phi) is 37.2. The molecule has 0 aromatic rings. The molecule has 0 bridgehead atoms. The first-order valence-electron chi connectivity index (χ1n) is 9.10. The minimum Gasteiger partial charge on any atom is -0.550 e. The summed E-state index contributed by atoms with van der Waals surface area (Å²) in [6.07, 6.45) is -2.36. The molecule has 0 aliphatic carbocycles. The molecular weight excluding hydrogens is 531 g/mol. The molecule has 205 valence electrons. The quantitative estimate of drug-likeness (QED) is 0.226. The zero-order valence-electron chi connectivity index (χ0n) is 20.1. The van der Waals surface area contributed by atoms with Crippen molar-refractivity contribution in [3.05, 3.63) is 0 Å². The summed E-state index contributed by atoms with van der Waals surface area (Å²) < 4.78 is 0. The van der Waals surface area contributed by atoms with Gasteiger partial charge in [-0.05, 0) is 34.6 Å². The summed E-state index contributed by atoms with van der Waals surface area (Å²) in [7, 11) is 0. The Bertz CT molecular complexity index is 573. The second kappa shape index (κ2) is 29.3. The molecule has 0 spiro atoms. The van der Waals surface area contributed by atoms with Crippen LogP contribution in [0.15, 0.2) is 0 Å². The van der Waals surface area contributed by atoms with Crippen molar-refractivity contribution in [3.8, 4) is 0 Å². The molecule has 0 atom stereocenters. The fourth-order valence-electron chi connectivity index (χ4n) is 1.02. The Hall–Kier alpha value is -3.72. The third kappa shape index (κ3) is 97.9. The maximum atomic E-state index is 9.83. The van der Waals surface area contributed by atoms with Crippen molar-refractivity contribution in [1.29, 1.82) is 0 Å². The summed E-state index contributed by atoms with van der Waals surface area (Å²) in [6, 6.07) is 0. The second-order valence-corrected chi connectivity index (χ2v) is 6.25. The van der Waals surface area contributed by atoms with E-state index in [4.69, 9.17) is 0 Å². The normalized spacial score (nSPS) is 7.92. The molecule has 0 saturated heterocycles. The van der Waals surface area contributed by atoms with Gasteiger partial charge in [-0.15, -0.1) is 0 Å². The van der Waals surface area contributed by atoms with Gasteiger partial charge in [0, 0.05) is 80.5 Å². The number of Topliss-reactive ketones (excluding diaryl/α,β-unsaturated/α-hetero) is 5. The third-order valence-corrected chi connectivity index (χ3v) is 1.97. The predicted octanol–water partition coefficient (Wildman–Crippen LogP) is -6.43. The van der Waals surface area contributed by atoms with Crippen molar-refractivity contribution >= 4 is 58.8 Å². The first-order chi connectivity index (χ1) is 15.6. The van der Waals surface area contributed by atoms with Crippen LogP contribution in [0.1, 0.15) is 66.7 Å². The van der Waals surface area contributed by atoms with Gasteiger partial charge in [0.2, 0.25) is 0 Å². The number of hydrogen-bond donors (Lipinski definition) is 0. The minimum atomic E-state index is -1.31. The van der Waals surface area contributed by atoms with Gasteiger partial charge in [0.1, 0.15) is 28.9 Å². The molecule has 0 aromatic heterocycles. The summed E-state index contributed by atoms with van der Waals surface area (Å²) in [6.45, 7) is 6.02. The minimum absolute atomic E-state index is 0. The maximum absolute atomic E-state index is 9.83. The largest absolute Gasteiger partial charge is 0.550 e. The number of carbonyl (C=O) groups is 10. The van der Waals surface area contributed by atoms with Crippen LogP contribution in [-0.4, -0.2) is 58.8 Å². The molecule has 16 heteroatoms. The van der Waals surface area contributed by atoms with Crippen molar-refractivity contribution in [2.45, 2.75) is 66.7 Å². The molecular formula is C20H25O15V-5. The van der Waals surface area contributed by atoms with Crippen molar-refractivity contribution < 1.29 is 92.0 Å². The van der Waals surface area contributed by atoms with Gasteiger partial charge in [-0.3, -0.25) is 24.0 Å². The Morgan fingerprint density at radius 3 is 0.417 bits per heavy atom. The molecule has 0 fully saturated rings. The van der Waals surface area contributed by atoms with Gasteiger partial charge in [-0.2, -0.15) is 0 Å². The number of hydrogen-bond acceptors (Lipinski definition) is 15. The van der Waals surface area contributed by atoms with Crippen LogP contribution in [0.3, 0.4) is 0 Å². The van der Waals surface area contributed by atoms with Gasteiger partial charge < -0.3 is 49.5 Å². The van der Waals surface area contributed by atoms with Gasteiger partial charge in [0.05, 0.1) is 0 Å². The third-order valence-electron chi connectivity index (χ3n) is 1.97. The monoisotopic (exact) mass is 556 g/mol. The van der Waals surface area contributed by atoms with Crippen LogP contribution in [0.2, 0.25) is 0 Å². The summed E-state index contributed by atoms with van der Waals surface area (Å²) in [4.78, 5) is 96.6. The molecule has 0 unspecified atom stereocenters. The van der Waals surface area contributed by atoms with Gasteiger partial charge in [0.15, 0.2) is 0 Å². The van der Waals surface area contributed by atoms with Crippen molar-refractivity contribution in [1.82, 2.24) is 0 Å². The summed E-state index contributed by atoms with van der Waals surface area (Å²) >= 11 is 0. The van der Waals surface area contributed by atoms with Gasteiger partial charge in [-0.25, -0.2) is 0 Å². The SMILES string of the molecule is CC(=O)CC(=O)[O-].CC(=O)CC(=O)[O-].CC(=O)CC(=O)[O-].CC(=O)CC(=O)[O-].CC(=O)CC(=O)[O-].[V]. The Balaban J connectivity index is -0.0000000776. The van der Waals surface area contributed by atoms with Crippen LogP contribution < -0.4 is 25.5 Å². The van der Waals surface area contributed by atoms with Crippen LogP contribution in [-0.2, 0) is 66.5 Å². The topological polar surface area (TPSA) is 286 Å². The molecule has 0 aliphatic heterocycles. The summed E-state index contributed by atoms with van der Waals surface area (Å²) in [5.74, 6) is -8.44. The predicted molar refractivity (Wildman–Crippen MR) is 102 cm³/mol. The van der Waals surface area contributed by atoms with Crippen molar-refractivity contribution in [2.75, 3.05) is 0 Å². The molecule has 0 heterocycles. The number of carboxylic acid groups (broad SMARTS) is 5. The maximum Gasteiger partial charge on any atom is 0.135 e. The van der Waals surface area contributed by atoms with Crippen molar-refractivity contribution in [3.63, 3.8) is 0 Å². The number of aliphatic carboxylic acids is 5. The molecule has 36 heavy (non-hydrogen) atoms. The first-order valence-corrected chi connectivity index (χ1v) is 9.10. The standard InChI is InChI=1S/5C4H6O3.V/c5*1-3(5)2-4(6)7;/h5*2H2,1H3,(H,6,7);/p-5. The molecule has 1 radical (unpaired) electrons. The van der Waals surface area contributed by atoms with Gasteiger partial charge >= 0.3 is 0 Å². The fourth-order valence-corrected chi connectivity index (χ4v) is 1.02. The van der Waals surface area contributed by atoms with E-state index in [0.29, 0.717) is 0 Å². The molecule has 0 aromatic carbocycles. The van der Waals surface area contributed by atoms with E-state index in [1.807, 2.05) is 0 Å². The zero-order valence-corrected chi connectivity index (χ0v) is 21.5. The van der Waals surface area contributed by atoms with E-state index >= 15 is 0 Å². The van der Waals surface area contributed by atoms with E-state index in [-0.39, 0.29) is 47.5 Å². The average molecular weight is 556 g/mol. The average Bonchev–Trinajstić information content (AvgIpc) is 2.49. The number of carboxylic acids is 5. The zero-order chi connectivity index (χ0) is 29.3. The molecule has 0 rings (SSSR count). The Morgan fingerprint density at radius 1 is 0.333 bits per heavy atom. The van der Waals surface area contributed by atoms with Gasteiger partial charge in [-0.1, -0.05) is 0 Å². The van der Waals surface area contributed by atoms with E-state index in [9.17, 15) is 73.5 Å². The van der Waals surface area contributed by atoms with Crippen molar-refractivity contribution in [2.24, 2.45) is 0 Å². The van der Waals surface area contributed by atoms with E-state index in [2.05, 4.69) is 0 Å². The number of rotatable bonds is 10. The van der Waals surface area contributed by atoms with Crippen LogP contribution >= 0.6 is 0 Å². The van der Waals surface area contributed by atoms with Crippen LogP contribution in [0.5, 0.6) is 0 Å².